The highest BCUT2D eigenvalue weighted by molar-refractivity contribution is 5.42. The zero-order valence-corrected chi connectivity index (χ0v) is 22.2. The normalized spacial score (nSPS) is 21.7. The summed E-state index contributed by atoms with van der Waals surface area (Å²) in [5.74, 6) is -1.80. The molecule has 1 aliphatic heterocycles. The van der Waals surface area contributed by atoms with E-state index in [0.717, 1.165) is 22.3 Å². The van der Waals surface area contributed by atoms with Gasteiger partial charge in [0.05, 0.1) is 13.2 Å². The van der Waals surface area contributed by atoms with Gasteiger partial charge in [-0.05, 0) is 22.3 Å². The summed E-state index contributed by atoms with van der Waals surface area (Å²) in [4.78, 5) is 0. The lowest BCUT2D eigenvalue weighted by molar-refractivity contribution is -0.263. The summed E-state index contributed by atoms with van der Waals surface area (Å²) in [6, 6.07) is 49.5. The maximum absolute atomic E-state index is 12.6. The van der Waals surface area contributed by atoms with Gasteiger partial charge in [-0.15, -0.1) is 0 Å². The Bertz CT molecular complexity index is 1440. The van der Waals surface area contributed by atoms with Crippen LogP contribution < -0.4 is 0 Å². The summed E-state index contributed by atoms with van der Waals surface area (Å²) in [6.45, 7) is 0.612. The number of hydrogen-bond acceptors (Lipinski definition) is 4. The molecular weight excluding hydrogens is 496 g/mol. The molecule has 1 fully saturated rings. The van der Waals surface area contributed by atoms with E-state index < -0.39 is 23.6 Å². The SMILES string of the molecule is OC1(c2ccccc2)OC(c2ccccc2)(c2ccccc2)[C@H](OCc2ccccc2)[C@H]1OCc1ccccc1. The molecule has 3 atom stereocenters. The van der Waals surface area contributed by atoms with Gasteiger partial charge in [-0.1, -0.05) is 152 Å². The van der Waals surface area contributed by atoms with Crippen LogP contribution in [0.15, 0.2) is 152 Å². The van der Waals surface area contributed by atoms with Crippen LogP contribution in [0.4, 0.5) is 0 Å². The first-order chi connectivity index (χ1) is 19.7. The molecular formula is C36H32O4. The summed E-state index contributed by atoms with van der Waals surface area (Å²) in [5, 5.41) is 12.6. The Morgan fingerprint density at radius 1 is 0.475 bits per heavy atom. The minimum atomic E-state index is -1.80. The molecule has 0 amide bonds. The second-order valence-electron chi connectivity index (χ2n) is 10.1. The van der Waals surface area contributed by atoms with Crippen molar-refractivity contribution in [1.29, 1.82) is 0 Å². The van der Waals surface area contributed by atoms with Crippen molar-refractivity contribution < 1.29 is 19.3 Å². The van der Waals surface area contributed by atoms with Gasteiger partial charge in [0.15, 0.2) is 5.60 Å². The minimum Gasteiger partial charge on any atom is -0.367 e. The first-order valence-electron chi connectivity index (χ1n) is 13.6. The molecule has 4 heteroatoms. The molecule has 0 radical (unpaired) electrons. The topological polar surface area (TPSA) is 47.9 Å². The van der Waals surface area contributed by atoms with Crippen molar-refractivity contribution >= 4 is 0 Å². The van der Waals surface area contributed by atoms with Crippen LogP contribution in [0.5, 0.6) is 0 Å². The minimum absolute atomic E-state index is 0.287. The molecule has 200 valence electrons. The van der Waals surface area contributed by atoms with Gasteiger partial charge in [-0.3, -0.25) is 0 Å². The number of benzene rings is 5. The molecule has 1 heterocycles. The van der Waals surface area contributed by atoms with Gasteiger partial charge < -0.3 is 19.3 Å². The molecule has 1 saturated heterocycles. The fraction of sp³-hybridized carbons (Fsp3) is 0.167. The second-order valence-corrected chi connectivity index (χ2v) is 10.1. The van der Waals surface area contributed by atoms with Crippen LogP contribution in [-0.2, 0) is 38.8 Å². The summed E-state index contributed by atoms with van der Waals surface area (Å²) in [5.41, 5.74) is 3.21. The third-order valence-electron chi connectivity index (χ3n) is 7.52. The second kappa shape index (κ2) is 11.6. The Morgan fingerprint density at radius 3 is 1.25 bits per heavy atom. The molecule has 6 rings (SSSR count). The van der Waals surface area contributed by atoms with Gasteiger partial charge in [0, 0.05) is 5.56 Å². The van der Waals surface area contributed by atoms with E-state index in [9.17, 15) is 5.11 Å². The van der Waals surface area contributed by atoms with Crippen molar-refractivity contribution in [2.75, 3.05) is 0 Å². The van der Waals surface area contributed by atoms with Gasteiger partial charge in [-0.25, -0.2) is 0 Å². The van der Waals surface area contributed by atoms with Gasteiger partial charge in [0.25, 0.3) is 0 Å². The Balaban J connectivity index is 1.53. The fourth-order valence-corrected chi connectivity index (χ4v) is 5.59. The van der Waals surface area contributed by atoms with Gasteiger partial charge in [0.1, 0.15) is 12.2 Å². The Hall–Kier alpha value is -4.06. The molecule has 0 aromatic heterocycles. The van der Waals surface area contributed by atoms with E-state index in [4.69, 9.17) is 14.2 Å². The molecule has 1 unspecified atom stereocenters. The Morgan fingerprint density at radius 2 is 0.825 bits per heavy atom. The highest BCUT2D eigenvalue weighted by atomic mass is 16.7. The quantitative estimate of drug-likeness (QED) is 0.224. The largest absolute Gasteiger partial charge is 0.367 e. The van der Waals surface area contributed by atoms with E-state index in [1.165, 1.54) is 0 Å². The first kappa shape index (κ1) is 26.2. The van der Waals surface area contributed by atoms with Crippen molar-refractivity contribution in [2.24, 2.45) is 0 Å². The van der Waals surface area contributed by atoms with Crippen LogP contribution in [-0.4, -0.2) is 17.3 Å². The highest BCUT2D eigenvalue weighted by Crippen LogP contribution is 2.54. The summed E-state index contributed by atoms with van der Waals surface area (Å²) in [7, 11) is 0. The molecule has 0 saturated carbocycles. The lowest BCUT2D eigenvalue weighted by Crippen LogP contribution is -2.46. The van der Waals surface area contributed by atoms with Crippen molar-refractivity contribution in [3.8, 4) is 0 Å². The van der Waals surface area contributed by atoms with E-state index in [2.05, 4.69) is 0 Å². The number of rotatable bonds is 9. The average Bonchev–Trinajstić information content (AvgIpc) is 3.30. The summed E-state index contributed by atoms with van der Waals surface area (Å²) < 4.78 is 20.5. The van der Waals surface area contributed by atoms with Crippen molar-refractivity contribution in [1.82, 2.24) is 0 Å². The zero-order valence-electron chi connectivity index (χ0n) is 22.2. The predicted molar refractivity (Wildman–Crippen MR) is 155 cm³/mol. The lowest BCUT2D eigenvalue weighted by Gasteiger charge is -2.36. The number of aliphatic hydroxyl groups is 1. The first-order valence-corrected chi connectivity index (χ1v) is 13.6. The van der Waals surface area contributed by atoms with Crippen LogP contribution in [0.1, 0.15) is 27.8 Å². The molecule has 0 bridgehead atoms. The van der Waals surface area contributed by atoms with Crippen molar-refractivity contribution in [2.45, 2.75) is 36.8 Å². The molecule has 1 N–H and O–H groups in total. The number of ether oxygens (including phenoxy) is 3. The van der Waals surface area contributed by atoms with Crippen LogP contribution in [0.3, 0.4) is 0 Å². The molecule has 5 aromatic rings. The Kier molecular flexibility index (Phi) is 7.58. The van der Waals surface area contributed by atoms with Crippen LogP contribution in [0.2, 0.25) is 0 Å². The molecule has 0 aliphatic carbocycles. The van der Waals surface area contributed by atoms with Crippen LogP contribution >= 0.6 is 0 Å². The van der Waals surface area contributed by atoms with E-state index in [1.807, 2.05) is 152 Å². The van der Waals surface area contributed by atoms with E-state index >= 15 is 0 Å². The van der Waals surface area contributed by atoms with Crippen molar-refractivity contribution in [3.05, 3.63) is 179 Å². The fourth-order valence-electron chi connectivity index (χ4n) is 5.59. The highest BCUT2D eigenvalue weighted by Gasteiger charge is 2.66. The van der Waals surface area contributed by atoms with E-state index in [0.29, 0.717) is 12.2 Å². The maximum Gasteiger partial charge on any atom is 0.223 e. The Labute approximate surface area is 235 Å². The zero-order chi connectivity index (χ0) is 27.3. The standard InChI is InChI=1S/C36H32O4/c37-36(32-24-14-5-15-25-32)34(39-27-29-18-8-2-9-19-29)33(38-26-28-16-6-1-7-17-28)35(40-36,30-20-10-3-11-21-30)31-22-12-4-13-23-31/h1-25,33-34,37H,26-27H2/t33-,34-,36?/m1/s1. The molecule has 5 aromatic carbocycles. The average molecular weight is 529 g/mol. The van der Waals surface area contributed by atoms with Crippen LogP contribution in [0, 0.1) is 0 Å². The molecule has 40 heavy (non-hydrogen) atoms. The monoisotopic (exact) mass is 528 g/mol. The molecule has 4 nitrogen and oxygen atoms in total. The van der Waals surface area contributed by atoms with Gasteiger partial charge >= 0.3 is 0 Å². The van der Waals surface area contributed by atoms with Crippen LogP contribution in [0.25, 0.3) is 0 Å². The third-order valence-corrected chi connectivity index (χ3v) is 7.52. The third kappa shape index (κ3) is 4.99. The summed E-state index contributed by atoms with van der Waals surface area (Å²) in [6.07, 6.45) is -1.56. The molecule has 1 aliphatic rings. The van der Waals surface area contributed by atoms with Gasteiger partial charge in [-0.2, -0.15) is 0 Å². The smallest absolute Gasteiger partial charge is 0.223 e. The van der Waals surface area contributed by atoms with Gasteiger partial charge in [0.2, 0.25) is 5.79 Å². The summed E-state index contributed by atoms with van der Waals surface area (Å²) >= 11 is 0. The van der Waals surface area contributed by atoms with E-state index in [1.54, 1.807) is 0 Å². The molecule has 0 spiro atoms. The number of hydrogen-bond donors (Lipinski definition) is 1. The predicted octanol–water partition coefficient (Wildman–Crippen LogP) is 6.98. The lowest BCUT2D eigenvalue weighted by atomic mass is 9.80. The van der Waals surface area contributed by atoms with Crippen molar-refractivity contribution in [3.63, 3.8) is 0 Å². The van der Waals surface area contributed by atoms with E-state index in [-0.39, 0.29) is 6.61 Å². The maximum atomic E-state index is 12.6.